The van der Waals surface area contributed by atoms with Crippen LogP contribution in [0.25, 0.3) is 0 Å². The van der Waals surface area contributed by atoms with E-state index in [4.69, 9.17) is 44.3 Å². The van der Waals surface area contributed by atoms with Gasteiger partial charge >= 0.3 is 0 Å². The highest BCUT2D eigenvalue weighted by Gasteiger charge is 2.15. The predicted octanol–water partition coefficient (Wildman–Crippen LogP) is 7.48. The van der Waals surface area contributed by atoms with Crippen molar-refractivity contribution < 1.29 is 9.47 Å². The second-order valence-electron chi connectivity index (χ2n) is 6.88. The topological polar surface area (TPSA) is 30.5 Å². The van der Waals surface area contributed by atoms with Gasteiger partial charge in [-0.15, -0.1) is 0 Å². The summed E-state index contributed by atoms with van der Waals surface area (Å²) in [6.07, 6.45) is 0. The minimum absolute atomic E-state index is 0.212. The summed E-state index contributed by atoms with van der Waals surface area (Å²) < 4.78 is 11.8. The van der Waals surface area contributed by atoms with Gasteiger partial charge in [0.15, 0.2) is 11.5 Å². The molecular formula is C24H24Cl3NO2. The molecule has 158 valence electrons. The van der Waals surface area contributed by atoms with E-state index in [1.54, 1.807) is 12.1 Å². The molecule has 30 heavy (non-hydrogen) atoms. The zero-order chi connectivity index (χ0) is 21.5. The molecule has 3 rings (SSSR count). The third-order valence-electron chi connectivity index (χ3n) is 4.67. The number of ether oxygens (including phenoxy) is 2. The van der Waals surface area contributed by atoms with Crippen LogP contribution in [0, 0.1) is 0 Å². The second kappa shape index (κ2) is 10.9. The molecule has 0 saturated carbocycles. The fraction of sp³-hybridized carbons (Fsp3) is 0.250. The predicted molar refractivity (Wildman–Crippen MR) is 125 cm³/mol. The van der Waals surface area contributed by atoms with Crippen LogP contribution in [0.5, 0.6) is 11.5 Å². The Kier molecular flexibility index (Phi) is 8.29. The number of nitrogens with one attached hydrogen (secondary N) is 1. The molecule has 0 aliphatic heterocycles. The van der Waals surface area contributed by atoms with E-state index < -0.39 is 0 Å². The first-order chi connectivity index (χ1) is 14.5. The summed E-state index contributed by atoms with van der Waals surface area (Å²) in [5.41, 5.74) is 3.07. The Morgan fingerprint density at radius 3 is 2.37 bits per heavy atom. The molecular weight excluding hydrogens is 441 g/mol. The molecule has 0 unspecified atom stereocenters. The fourth-order valence-corrected chi connectivity index (χ4v) is 3.80. The molecule has 0 fully saturated rings. The highest BCUT2D eigenvalue weighted by atomic mass is 35.5. The van der Waals surface area contributed by atoms with Gasteiger partial charge in [0.25, 0.3) is 0 Å². The summed E-state index contributed by atoms with van der Waals surface area (Å²) in [7, 11) is 0. The van der Waals surface area contributed by atoms with Crippen molar-refractivity contribution in [2.24, 2.45) is 0 Å². The minimum atomic E-state index is 0.212. The maximum atomic E-state index is 6.55. The van der Waals surface area contributed by atoms with E-state index in [0.717, 1.165) is 11.1 Å². The highest BCUT2D eigenvalue weighted by Crippen LogP contribution is 2.38. The van der Waals surface area contributed by atoms with Crippen LogP contribution < -0.4 is 14.8 Å². The molecule has 0 heterocycles. The largest absolute Gasteiger partial charge is 0.490 e. The van der Waals surface area contributed by atoms with Crippen LogP contribution in [-0.4, -0.2) is 6.61 Å². The normalized spacial score (nSPS) is 11.9. The van der Waals surface area contributed by atoms with Crippen molar-refractivity contribution in [3.8, 4) is 11.5 Å². The van der Waals surface area contributed by atoms with Crippen molar-refractivity contribution in [2.75, 3.05) is 6.61 Å². The Labute approximate surface area is 192 Å². The van der Waals surface area contributed by atoms with E-state index >= 15 is 0 Å². The number of hydrogen-bond acceptors (Lipinski definition) is 3. The second-order valence-corrected chi connectivity index (χ2v) is 8.13. The summed E-state index contributed by atoms with van der Waals surface area (Å²) in [6, 6.07) is 19.7. The molecule has 6 heteroatoms. The number of hydrogen-bond donors (Lipinski definition) is 1. The summed E-state index contributed by atoms with van der Waals surface area (Å²) in [5, 5.41) is 5.14. The summed E-state index contributed by atoms with van der Waals surface area (Å²) in [4.78, 5) is 0. The van der Waals surface area contributed by atoms with Crippen LogP contribution in [0.2, 0.25) is 15.1 Å². The average molecular weight is 465 g/mol. The Hall–Kier alpha value is -1.91. The van der Waals surface area contributed by atoms with E-state index in [-0.39, 0.29) is 12.6 Å². The molecule has 0 radical (unpaired) electrons. The lowest BCUT2D eigenvalue weighted by Gasteiger charge is -2.18. The molecule has 3 aromatic rings. The van der Waals surface area contributed by atoms with Crippen molar-refractivity contribution in [2.45, 2.75) is 33.0 Å². The Balaban J connectivity index is 1.73. The van der Waals surface area contributed by atoms with Crippen molar-refractivity contribution in [1.29, 1.82) is 0 Å². The van der Waals surface area contributed by atoms with Crippen molar-refractivity contribution in [3.63, 3.8) is 0 Å². The van der Waals surface area contributed by atoms with Gasteiger partial charge in [-0.3, -0.25) is 0 Å². The molecule has 0 amide bonds. The van der Waals surface area contributed by atoms with Crippen LogP contribution in [0.15, 0.2) is 60.7 Å². The molecule has 0 aliphatic rings. The van der Waals surface area contributed by atoms with Gasteiger partial charge < -0.3 is 14.8 Å². The third-order valence-corrected chi connectivity index (χ3v) is 5.54. The van der Waals surface area contributed by atoms with E-state index in [9.17, 15) is 0 Å². The van der Waals surface area contributed by atoms with Gasteiger partial charge in [-0.2, -0.15) is 0 Å². The van der Waals surface area contributed by atoms with Gasteiger partial charge in [0.2, 0.25) is 0 Å². The molecule has 0 spiro atoms. The van der Waals surface area contributed by atoms with Crippen LogP contribution in [0.4, 0.5) is 0 Å². The van der Waals surface area contributed by atoms with Crippen LogP contribution >= 0.6 is 34.8 Å². The van der Waals surface area contributed by atoms with Gasteiger partial charge in [0, 0.05) is 28.2 Å². The first-order valence-electron chi connectivity index (χ1n) is 9.78. The quantitative estimate of drug-likeness (QED) is 0.356. The number of rotatable bonds is 9. The first kappa shape index (κ1) is 22.8. The highest BCUT2D eigenvalue weighted by molar-refractivity contribution is 6.35. The fourth-order valence-electron chi connectivity index (χ4n) is 3.05. The Morgan fingerprint density at radius 1 is 0.900 bits per heavy atom. The molecule has 1 N–H and O–H groups in total. The smallest absolute Gasteiger partial charge is 0.180 e. The van der Waals surface area contributed by atoms with E-state index in [1.165, 1.54) is 5.56 Å². The molecule has 3 nitrogen and oxygen atoms in total. The molecule has 1 atom stereocenters. The maximum Gasteiger partial charge on any atom is 0.180 e. The lowest BCUT2D eigenvalue weighted by Crippen LogP contribution is -2.18. The maximum absolute atomic E-state index is 6.55. The average Bonchev–Trinajstić information content (AvgIpc) is 2.73. The van der Waals surface area contributed by atoms with Crippen LogP contribution in [0.1, 0.15) is 36.6 Å². The van der Waals surface area contributed by atoms with Crippen molar-refractivity contribution in [3.05, 3.63) is 92.4 Å². The molecule has 3 aromatic carbocycles. The molecule has 0 aliphatic carbocycles. The van der Waals surface area contributed by atoms with Gasteiger partial charge in [-0.1, -0.05) is 71.2 Å². The Bertz CT molecular complexity index is 980. The van der Waals surface area contributed by atoms with Crippen molar-refractivity contribution >= 4 is 34.8 Å². The minimum Gasteiger partial charge on any atom is -0.490 e. The van der Waals surface area contributed by atoms with E-state index in [1.807, 2.05) is 43.3 Å². The zero-order valence-electron chi connectivity index (χ0n) is 16.9. The summed E-state index contributed by atoms with van der Waals surface area (Å²) >= 11 is 18.8. The van der Waals surface area contributed by atoms with E-state index in [0.29, 0.717) is 39.7 Å². The monoisotopic (exact) mass is 463 g/mol. The van der Waals surface area contributed by atoms with Crippen LogP contribution in [-0.2, 0) is 13.2 Å². The van der Waals surface area contributed by atoms with Crippen LogP contribution in [0.3, 0.4) is 0 Å². The Morgan fingerprint density at radius 2 is 1.67 bits per heavy atom. The molecule has 0 bridgehead atoms. The number of benzene rings is 3. The van der Waals surface area contributed by atoms with Gasteiger partial charge in [0.1, 0.15) is 6.61 Å². The van der Waals surface area contributed by atoms with Gasteiger partial charge in [-0.05, 0) is 49.2 Å². The lowest BCUT2D eigenvalue weighted by molar-refractivity contribution is 0.269. The number of halogens is 3. The third kappa shape index (κ3) is 6.05. The van der Waals surface area contributed by atoms with Gasteiger partial charge in [0.05, 0.1) is 11.6 Å². The standard InChI is InChI=1S/C24H24Cl3NO2/c1-3-29-23-12-17(14-28-16(2)18-7-5-4-6-8-18)11-22(27)24(23)30-15-19-9-10-20(25)13-21(19)26/h4-13,16,28H,3,14-15H2,1-2H3/t16-/m1/s1. The summed E-state index contributed by atoms with van der Waals surface area (Å²) in [5.74, 6) is 1.11. The first-order valence-corrected chi connectivity index (χ1v) is 10.9. The van der Waals surface area contributed by atoms with Crippen molar-refractivity contribution in [1.82, 2.24) is 5.32 Å². The SMILES string of the molecule is CCOc1cc(CN[C@H](C)c2ccccc2)cc(Cl)c1OCc1ccc(Cl)cc1Cl. The molecule has 0 saturated heterocycles. The van der Waals surface area contributed by atoms with E-state index in [2.05, 4.69) is 24.4 Å². The zero-order valence-corrected chi connectivity index (χ0v) is 19.2. The lowest BCUT2D eigenvalue weighted by atomic mass is 10.1. The van der Waals surface area contributed by atoms with Gasteiger partial charge in [-0.25, -0.2) is 0 Å². The molecule has 0 aromatic heterocycles. The summed E-state index contributed by atoms with van der Waals surface area (Å²) in [6.45, 7) is 5.48.